The minimum absolute atomic E-state index is 0.106. The minimum atomic E-state index is -0.556. The van der Waals surface area contributed by atoms with Gasteiger partial charge in [-0.05, 0) is 44.2 Å². The van der Waals surface area contributed by atoms with Gasteiger partial charge in [0, 0.05) is 30.5 Å². The number of rotatable bonds is 12. The first-order valence-corrected chi connectivity index (χ1v) is 11.6. The zero-order chi connectivity index (χ0) is 23.8. The van der Waals surface area contributed by atoms with Gasteiger partial charge in [0.25, 0.3) is 5.91 Å². The molecular formula is C27H34N4O2. The van der Waals surface area contributed by atoms with Crippen LogP contribution in [0.1, 0.15) is 72.5 Å². The lowest BCUT2D eigenvalue weighted by molar-refractivity contribution is -0.122. The Hall–Kier alpha value is -3.41. The number of nitrogens with two attached hydrogens (primary N) is 2. The molecule has 0 aliphatic carbocycles. The van der Waals surface area contributed by atoms with Crippen LogP contribution in [0.5, 0.6) is 0 Å². The number of unbranched alkanes of at least 4 members (excludes halogenated alkanes) is 1. The Morgan fingerprint density at radius 1 is 0.939 bits per heavy atom. The highest BCUT2D eigenvalue weighted by Gasteiger charge is 2.30. The molecule has 0 spiro atoms. The normalized spacial score (nSPS) is 13.1. The van der Waals surface area contributed by atoms with E-state index in [1.165, 1.54) is 5.56 Å². The second kappa shape index (κ2) is 11.5. The fraction of sp³-hybridized carbons (Fsp3) is 0.370. The first-order valence-electron chi connectivity index (χ1n) is 11.6. The Balaban J connectivity index is 1.83. The number of hydrogen-bond donors (Lipinski definition) is 2. The molecule has 2 aromatic carbocycles. The quantitative estimate of drug-likeness (QED) is 0.403. The summed E-state index contributed by atoms with van der Waals surface area (Å²) in [5.41, 5.74) is 14.0. The molecule has 0 bridgehead atoms. The smallest absolute Gasteiger partial charge is 0.268 e. The van der Waals surface area contributed by atoms with Crippen molar-refractivity contribution in [3.05, 3.63) is 89.5 Å². The van der Waals surface area contributed by atoms with E-state index < -0.39 is 5.91 Å². The van der Waals surface area contributed by atoms with Crippen LogP contribution in [0.15, 0.2) is 66.9 Å². The van der Waals surface area contributed by atoms with Crippen molar-refractivity contribution in [3.63, 3.8) is 0 Å². The van der Waals surface area contributed by atoms with Crippen LogP contribution in [0.25, 0.3) is 0 Å². The number of aryl methyl sites for hydroxylation is 1. The molecule has 0 saturated carbocycles. The van der Waals surface area contributed by atoms with E-state index in [9.17, 15) is 9.59 Å². The molecule has 33 heavy (non-hydrogen) atoms. The molecule has 0 fully saturated rings. The molecule has 1 heterocycles. The maximum atomic E-state index is 12.6. The third-order valence-corrected chi connectivity index (χ3v) is 6.17. The van der Waals surface area contributed by atoms with Crippen molar-refractivity contribution >= 4 is 11.8 Å². The number of imidazole rings is 1. The van der Waals surface area contributed by atoms with Crippen LogP contribution >= 0.6 is 0 Å². The summed E-state index contributed by atoms with van der Waals surface area (Å²) in [6.45, 7) is 4.06. The Kier molecular flexibility index (Phi) is 8.41. The fourth-order valence-corrected chi connectivity index (χ4v) is 4.42. The Morgan fingerprint density at radius 2 is 1.58 bits per heavy atom. The molecule has 174 valence electrons. The van der Waals surface area contributed by atoms with Crippen LogP contribution in [-0.4, -0.2) is 21.4 Å². The van der Waals surface area contributed by atoms with E-state index in [4.69, 9.17) is 11.5 Å². The number of amides is 2. The second-order valence-electron chi connectivity index (χ2n) is 8.87. The number of primary amides is 2. The molecule has 0 saturated heterocycles. The highest BCUT2D eigenvalue weighted by Crippen LogP contribution is 2.33. The molecule has 0 aliphatic rings. The summed E-state index contributed by atoms with van der Waals surface area (Å²) in [7, 11) is 0. The molecular weight excluding hydrogens is 412 g/mol. The maximum Gasteiger partial charge on any atom is 0.268 e. The maximum absolute atomic E-state index is 12.6. The van der Waals surface area contributed by atoms with E-state index in [0.717, 1.165) is 30.7 Å². The Labute approximate surface area is 196 Å². The summed E-state index contributed by atoms with van der Waals surface area (Å²) >= 11 is 0. The van der Waals surface area contributed by atoms with E-state index in [1.807, 2.05) is 66.9 Å². The number of carbonyl (C=O) groups excluding carboxylic acids is 2. The van der Waals surface area contributed by atoms with Crippen LogP contribution in [-0.2, 0) is 17.6 Å². The van der Waals surface area contributed by atoms with E-state index in [-0.39, 0.29) is 29.5 Å². The molecule has 2 unspecified atom stereocenters. The van der Waals surface area contributed by atoms with E-state index in [2.05, 4.69) is 17.1 Å². The lowest BCUT2D eigenvalue weighted by Crippen LogP contribution is -2.31. The van der Waals surface area contributed by atoms with Crippen molar-refractivity contribution in [1.82, 2.24) is 9.55 Å². The SMILES string of the molecule is CC(C)n1cc(C(N)=O)nc1CC(c1ccccc1)C(CCCCc1ccccc1)C(N)=O. The van der Waals surface area contributed by atoms with Gasteiger partial charge in [0.15, 0.2) is 0 Å². The van der Waals surface area contributed by atoms with Crippen LogP contribution in [0, 0.1) is 5.92 Å². The summed E-state index contributed by atoms with van der Waals surface area (Å²) < 4.78 is 1.96. The molecule has 3 rings (SSSR count). The standard InChI is InChI=1S/C27H34N4O2/c1-19(2)31-18-24(27(29)33)30-25(31)17-23(21-14-7-4-8-15-21)22(26(28)32)16-10-9-13-20-11-5-3-6-12-20/h3-8,11-12,14-15,18-19,22-23H,9-10,13,16-17H2,1-2H3,(H2,28,32)(H2,29,33). The summed E-state index contributed by atoms with van der Waals surface area (Å²) in [6, 6.07) is 20.4. The van der Waals surface area contributed by atoms with Gasteiger partial charge in [-0.2, -0.15) is 0 Å². The van der Waals surface area contributed by atoms with Gasteiger partial charge in [-0.3, -0.25) is 9.59 Å². The van der Waals surface area contributed by atoms with Gasteiger partial charge in [0.05, 0.1) is 0 Å². The second-order valence-corrected chi connectivity index (χ2v) is 8.87. The summed E-state index contributed by atoms with van der Waals surface area (Å²) in [4.78, 5) is 28.9. The number of hydrogen-bond acceptors (Lipinski definition) is 3. The molecule has 3 aromatic rings. The first kappa shape index (κ1) is 24.2. The average Bonchev–Trinajstić information content (AvgIpc) is 3.24. The lowest BCUT2D eigenvalue weighted by atomic mass is 9.79. The molecule has 6 heteroatoms. The van der Waals surface area contributed by atoms with Gasteiger partial charge in [-0.1, -0.05) is 67.1 Å². The largest absolute Gasteiger partial charge is 0.369 e. The number of benzene rings is 2. The molecule has 4 N–H and O–H groups in total. The van der Waals surface area contributed by atoms with Crippen molar-refractivity contribution in [1.29, 1.82) is 0 Å². The number of carbonyl (C=O) groups is 2. The Bertz CT molecular complexity index is 1040. The summed E-state index contributed by atoms with van der Waals surface area (Å²) in [5.74, 6) is -0.595. The average molecular weight is 447 g/mol. The van der Waals surface area contributed by atoms with E-state index in [0.29, 0.717) is 12.8 Å². The molecule has 0 aliphatic heterocycles. The van der Waals surface area contributed by atoms with Crippen molar-refractivity contribution in [2.75, 3.05) is 0 Å². The first-order chi connectivity index (χ1) is 15.9. The number of nitrogens with zero attached hydrogens (tertiary/aromatic N) is 2. The summed E-state index contributed by atoms with van der Waals surface area (Å²) in [6.07, 6.45) is 5.76. The third-order valence-electron chi connectivity index (χ3n) is 6.17. The van der Waals surface area contributed by atoms with Gasteiger partial charge in [0.2, 0.25) is 5.91 Å². The van der Waals surface area contributed by atoms with Crippen LogP contribution in [0.3, 0.4) is 0 Å². The Morgan fingerprint density at radius 3 is 2.15 bits per heavy atom. The van der Waals surface area contributed by atoms with Gasteiger partial charge < -0.3 is 16.0 Å². The molecule has 2 amide bonds. The molecule has 2 atom stereocenters. The van der Waals surface area contributed by atoms with Crippen molar-refractivity contribution in [3.8, 4) is 0 Å². The van der Waals surface area contributed by atoms with E-state index in [1.54, 1.807) is 6.20 Å². The van der Waals surface area contributed by atoms with Gasteiger partial charge in [0.1, 0.15) is 11.5 Å². The van der Waals surface area contributed by atoms with Crippen LogP contribution in [0.4, 0.5) is 0 Å². The van der Waals surface area contributed by atoms with Crippen molar-refractivity contribution in [2.24, 2.45) is 17.4 Å². The zero-order valence-corrected chi connectivity index (χ0v) is 19.5. The lowest BCUT2D eigenvalue weighted by Gasteiger charge is -2.26. The monoisotopic (exact) mass is 446 g/mol. The minimum Gasteiger partial charge on any atom is -0.369 e. The van der Waals surface area contributed by atoms with Crippen LogP contribution in [0.2, 0.25) is 0 Å². The van der Waals surface area contributed by atoms with Crippen molar-refractivity contribution < 1.29 is 9.59 Å². The van der Waals surface area contributed by atoms with Gasteiger partial charge >= 0.3 is 0 Å². The summed E-state index contributed by atoms with van der Waals surface area (Å²) in [5, 5.41) is 0. The van der Waals surface area contributed by atoms with E-state index >= 15 is 0 Å². The highest BCUT2D eigenvalue weighted by atomic mass is 16.1. The molecule has 0 radical (unpaired) electrons. The molecule has 6 nitrogen and oxygen atoms in total. The van der Waals surface area contributed by atoms with Crippen molar-refractivity contribution in [2.45, 2.75) is 57.9 Å². The third kappa shape index (κ3) is 6.54. The topological polar surface area (TPSA) is 104 Å². The van der Waals surface area contributed by atoms with Gasteiger partial charge in [-0.15, -0.1) is 0 Å². The van der Waals surface area contributed by atoms with Gasteiger partial charge in [-0.25, -0.2) is 4.98 Å². The predicted molar refractivity (Wildman–Crippen MR) is 131 cm³/mol. The zero-order valence-electron chi connectivity index (χ0n) is 19.5. The number of aromatic nitrogens is 2. The fourth-order valence-electron chi connectivity index (χ4n) is 4.42. The predicted octanol–water partition coefficient (Wildman–Crippen LogP) is 4.40. The molecule has 1 aromatic heterocycles. The highest BCUT2D eigenvalue weighted by molar-refractivity contribution is 5.90. The van der Waals surface area contributed by atoms with Crippen LogP contribution < -0.4 is 11.5 Å².